The zero-order valence-electron chi connectivity index (χ0n) is 9.49. The van der Waals surface area contributed by atoms with Crippen molar-refractivity contribution in [3.63, 3.8) is 0 Å². The van der Waals surface area contributed by atoms with Gasteiger partial charge in [0.05, 0.1) is 5.52 Å². The van der Waals surface area contributed by atoms with Crippen molar-refractivity contribution in [2.24, 2.45) is 0 Å². The zero-order valence-corrected chi connectivity index (χ0v) is 9.49. The average molecular weight is 213 g/mol. The smallest absolute Gasteiger partial charge is 0.228 e. The molecule has 1 aliphatic carbocycles. The van der Waals surface area contributed by atoms with Crippen molar-refractivity contribution in [3.8, 4) is 0 Å². The summed E-state index contributed by atoms with van der Waals surface area (Å²) in [5.41, 5.74) is 3.74. The fourth-order valence-corrected chi connectivity index (χ4v) is 2.86. The van der Waals surface area contributed by atoms with Crippen LogP contribution in [0.4, 0.5) is 0 Å². The van der Waals surface area contributed by atoms with Crippen molar-refractivity contribution in [2.75, 3.05) is 0 Å². The number of nitrogens with zero attached hydrogens (tertiary/aromatic N) is 1. The quantitative estimate of drug-likeness (QED) is 0.658. The Hall–Kier alpha value is -1.57. The number of aromatic nitrogens is 1. The summed E-state index contributed by atoms with van der Waals surface area (Å²) in [6.45, 7) is 1.65. The summed E-state index contributed by atoms with van der Waals surface area (Å²) < 4.78 is 1.91. The molecule has 0 amide bonds. The van der Waals surface area contributed by atoms with Crippen molar-refractivity contribution in [2.45, 2.75) is 32.6 Å². The SMILES string of the molecule is CC(=O)n1c2c(c3ccccc31)CCCC2. The maximum absolute atomic E-state index is 11.8. The van der Waals surface area contributed by atoms with E-state index < -0.39 is 0 Å². The molecule has 2 aromatic rings. The van der Waals surface area contributed by atoms with E-state index in [0.29, 0.717) is 0 Å². The van der Waals surface area contributed by atoms with Crippen molar-refractivity contribution >= 4 is 16.8 Å². The number of hydrogen-bond donors (Lipinski definition) is 0. The Morgan fingerprint density at radius 1 is 1.19 bits per heavy atom. The van der Waals surface area contributed by atoms with Gasteiger partial charge in [0.25, 0.3) is 0 Å². The lowest BCUT2D eigenvalue weighted by Crippen LogP contribution is -2.12. The van der Waals surface area contributed by atoms with Crippen LogP contribution in [-0.4, -0.2) is 10.5 Å². The molecule has 82 valence electrons. The predicted octanol–water partition coefficient (Wildman–Crippen LogP) is 3.18. The van der Waals surface area contributed by atoms with E-state index in [1.54, 1.807) is 6.92 Å². The normalized spacial score (nSPS) is 15.1. The average Bonchev–Trinajstić information content (AvgIpc) is 2.63. The van der Waals surface area contributed by atoms with Crippen LogP contribution in [0, 0.1) is 0 Å². The first-order valence-electron chi connectivity index (χ1n) is 5.91. The molecule has 16 heavy (non-hydrogen) atoms. The highest BCUT2D eigenvalue weighted by Gasteiger charge is 2.20. The van der Waals surface area contributed by atoms with Gasteiger partial charge in [-0.1, -0.05) is 18.2 Å². The maximum atomic E-state index is 11.8. The Labute approximate surface area is 94.9 Å². The number of benzene rings is 1. The van der Waals surface area contributed by atoms with Gasteiger partial charge >= 0.3 is 0 Å². The number of carbonyl (C=O) groups excluding carboxylic acids is 1. The molecule has 1 aromatic heterocycles. The van der Waals surface area contributed by atoms with E-state index in [9.17, 15) is 4.79 Å². The molecule has 0 bridgehead atoms. The topological polar surface area (TPSA) is 22.0 Å². The first kappa shape index (κ1) is 9.64. The van der Waals surface area contributed by atoms with Crippen molar-refractivity contribution in [1.82, 2.24) is 4.57 Å². The number of rotatable bonds is 0. The Bertz CT molecular complexity index is 565. The molecule has 0 unspecified atom stereocenters. The van der Waals surface area contributed by atoms with Gasteiger partial charge in [0.2, 0.25) is 5.91 Å². The highest BCUT2D eigenvalue weighted by Crippen LogP contribution is 2.31. The van der Waals surface area contributed by atoms with Crippen LogP contribution in [0.2, 0.25) is 0 Å². The van der Waals surface area contributed by atoms with E-state index in [1.165, 1.54) is 29.5 Å². The summed E-state index contributed by atoms with van der Waals surface area (Å²) >= 11 is 0. The molecule has 0 aliphatic heterocycles. The lowest BCUT2D eigenvalue weighted by atomic mass is 9.96. The lowest BCUT2D eigenvalue weighted by molar-refractivity contribution is 0.0938. The zero-order chi connectivity index (χ0) is 11.1. The summed E-state index contributed by atoms with van der Waals surface area (Å²) in [7, 11) is 0. The van der Waals surface area contributed by atoms with Gasteiger partial charge in [-0.25, -0.2) is 0 Å². The molecule has 0 radical (unpaired) electrons. The van der Waals surface area contributed by atoms with Crippen molar-refractivity contribution in [3.05, 3.63) is 35.5 Å². The number of hydrogen-bond acceptors (Lipinski definition) is 1. The van der Waals surface area contributed by atoms with Gasteiger partial charge < -0.3 is 0 Å². The van der Waals surface area contributed by atoms with E-state index in [0.717, 1.165) is 18.4 Å². The predicted molar refractivity (Wildman–Crippen MR) is 64.9 cm³/mol. The third kappa shape index (κ3) is 1.22. The summed E-state index contributed by atoms with van der Waals surface area (Å²) in [4.78, 5) is 11.8. The van der Waals surface area contributed by atoms with Crippen LogP contribution in [0.1, 0.15) is 35.8 Å². The molecule has 0 saturated heterocycles. The molecule has 1 aromatic carbocycles. The van der Waals surface area contributed by atoms with E-state index in [2.05, 4.69) is 18.2 Å². The molecule has 3 rings (SSSR count). The first-order chi connectivity index (χ1) is 7.79. The lowest BCUT2D eigenvalue weighted by Gasteiger charge is -2.13. The van der Waals surface area contributed by atoms with Gasteiger partial charge in [-0.2, -0.15) is 0 Å². The largest absolute Gasteiger partial charge is 0.284 e. The van der Waals surface area contributed by atoms with Gasteiger partial charge in [-0.15, -0.1) is 0 Å². The highest BCUT2D eigenvalue weighted by atomic mass is 16.1. The summed E-state index contributed by atoms with van der Waals surface area (Å²) in [6.07, 6.45) is 4.62. The third-order valence-electron chi connectivity index (χ3n) is 3.49. The van der Waals surface area contributed by atoms with E-state index in [1.807, 2.05) is 10.6 Å². The van der Waals surface area contributed by atoms with Gasteiger partial charge in [0.15, 0.2) is 0 Å². The van der Waals surface area contributed by atoms with Crippen LogP contribution < -0.4 is 0 Å². The third-order valence-corrected chi connectivity index (χ3v) is 3.49. The molecular weight excluding hydrogens is 198 g/mol. The molecule has 0 N–H and O–H groups in total. The molecule has 0 fully saturated rings. The minimum atomic E-state index is 0.138. The number of aryl methyl sites for hydroxylation is 1. The van der Waals surface area contributed by atoms with Crippen LogP contribution in [0.5, 0.6) is 0 Å². The minimum Gasteiger partial charge on any atom is -0.284 e. The molecule has 0 atom stereocenters. The molecule has 1 aliphatic rings. The van der Waals surface area contributed by atoms with E-state index >= 15 is 0 Å². The molecule has 0 saturated carbocycles. The second kappa shape index (κ2) is 3.48. The van der Waals surface area contributed by atoms with Crippen molar-refractivity contribution < 1.29 is 4.79 Å². The van der Waals surface area contributed by atoms with Crippen LogP contribution >= 0.6 is 0 Å². The Morgan fingerprint density at radius 3 is 2.75 bits per heavy atom. The standard InChI is InChI=1S/C14H15NO/c1-10(16)15-13-8-4-2-6-11(13)12-7-3-5-9-14(12)15/h2,4,6,8H,3,5,7,9H2,1H3. The van der Waals surface area contributed by atoms with Crippen LogP contribution in [0.25, 0.3) is 10.9 Å². The van der Waals surface area contributed by atoms with Gasteiger partial charge in [-0.3, -0.25) is 9.36 Å². The fourth-order valence-electron chi connectivity index (χ4n) is 2.86. The van der Waals surface area contributed by atoms with Crippen LogP contribution in [0.15, 0.2) is 24.3 Å². The second-order valence-corrected chi connectivity index (χ2v) is 4.50. The fraction of sp³-hybridized carbons (Fsp3) is 0.357. The van der Waals surface area contributed by atoms with E-state index in [4.69, 9.17) is 0 Å². The maximum Gasteiger partial charge on any atom is 0.228 e. The number of carbonyl (C=O) groups is 1. The molecule has 1 heterocycles. The highest BCUT2D eigenvalue weighted by molar-refractivity contribution is 5.95. The second-order valence-electron chi connectivity index (χ2n) is 4.50. The minimum absolute atomic E-state index is 0.138. The van der Waals surface area contributed by atoms with Gasteiger partial charge in [0, 0.05) is 18.0 Å². The van der Waals surface area contributed by atoms with Crippen LogP contribution in [0.3, 0.4) is 0 Å². The van der Waals surface area contributed by atoms with Gasteiger partial charge in [0.1, 0.15) is 0 Å². The molecule has 2 heteroatoms. The Balaban J connectivity index is 2.41. The summed E-state index contributed by atoms with van der Waals surface area (Å²) in [6, 6.07) is 8.25. The molecule has 2 nitrogen and oxygen atoms in total. The first-order valence-corrected chi connectivity index (χ1v) is 5.91. The van der Waals surface area contributed by atoms with Crippen molar-refractivity contribution in [1.29, 1.82) is 0 Å². The van der Waals surface area contributed by atoms with Crippen LogP contribution in [-0.2, 0) is 12.8 Å². The molecule has 0 spiro atoms. The number of para-hydroxylation sites is 1. The van der Waals surface area contributed by atoms with Gasteiger partial charge in [-0.05, 0) is 37.3 Å². The Kier molecular flexibility index (Phi) is 2.10. The van der Waals surface area contributed by atoms with E-state index in [-0.39, 0.29) is 5.91 Å². The summed E-state index contributed by atoms with van der Waals surface area (Å²) in [5.74, 6) is 0.138. The Morgan fingerprint density at radius 2 is 1.94 bits per heavy atom. The summed E-state index contributed by atoms with van der Waals surface area (Å²) in [5, 5.41) is 1.27. The number of fused-ring (bicyclic) bond motifs is 3. The monoisotopic (exact) mass is 213 g/mol. The molecular formula is C14H15NO.